The first-order chi connectivity index (χ1) is 10.1. The van der Waals surface area contributed by atoms with Crippen molar-refractivity contribution in [3.63, 3.8) is 0 Å². The first-order valence-electron chi connectivity index (χ1n) is 7.28. The molecule has 7 nitrogen and oxygen atoms in total. The average Bonchev–Trinajstić information content (AvgIpc) is 3.15. The standard InChI is InChI=1S/C14H19N3O4/c1-2-11-15-13(21-16-11)14(19)5-6-17(9-14)12(18)10-4-3-7-20-8-10/h8,19H,2-7,9H2,1H3. The van der Waals surface area contributed by atoms with Crippen molar-refractivity contribution in [2.75, 3.05) is 19.7 Å². The number of hydrogen-bond acceptors (Lipinski definition) is 6. The first kappa shape index (κ1) is 14.1. The molecule has 0 aromatic carbocycles. The first-order valence-corrected chi connectivity index (χ1v) is 7.28. The Morgan fingerprint density at radius 1 is 1.57 bits per heavy atom. The third kappa shape index (κ3) is 2.65. The van der Waals surface area contributed by atoms with Gasteiger partial charge in [-0.3, -0.25) is 4.79 Å². The molecule has 1 aromatic rings. The number of ether oxygens (including phenoxy) is 1. The molecule has 3 heterocycles. The molecule has 0 aliphatic carbocycles. The van der Waals surface area contributed by atoms with E-state index in [1.807, 2.05) is 6.92 Å². The van der Waals surface area contributed by atoms with Crippen LogP contribution in [0.1, 0.15) is 37.9 Å². The number of aliphatic hydroxyl groups is 1. The highest BCUT2D eigenvalue weighted by molar-refractivity contribution is 5.93. The maximum absolute atomic E-state index is 12.4. The van der Waals surface area contributed by atoms with Crippen molar-refractivity contribution in [1.29, 1.82) is 0 Å². The van der Waals surface area contributed by atoms with E-state index in [0.717, 1.165) is 6.42 Å². The molecular formula is C14H19N3O4. The Balaban J connectivity index is 1.72. The molecular weight excluding hydrogens is 274 g/mol. The Kier molecular flexibility index (Phi) is 3.67. The molecule has 0 saturated carbocycles. The summed E-state index contributed by atoms with van der Waals surface area (Å²) in [5.74, 6) is 0.677. The fourth-order valence-electron chi connectivity index (χ4n) is 2.65. The molecule has 0 radical (unpaired) electrons. The lowest BCUT2D eigenvalue weighted by molar-refractivity contribution is -0.128. The predicted octanol–water partition coefficient (Wildman–Crippen LogP) is 0.746. The number of β-amino-alcohol motifs (C(OH)–C–C–N with tert-alkyl or cyclic N) is 1. The van der Waals surface area contributed by atoms with Crippen molar-refractivity contribution >= 4 is 5.91 Å². The van der Waals surface area contributed by atoms with Gasteiger partial charge in [0.1, 0.15) is 0 Å². The van der Waals surface area contributed by atoms with Gasteiger partial charge in [-0.1, -0.05) is 12.1 Å². The van der Waals surface area contributed by atoms with Gasteiger partial charge in [-0.2, -0.15) is 4.98 Å². The number of carbonyl (C=O) groups excluding carboxylic acids is 1. The van der Waals surface area contributed by atoms with E-state index in [4.69, 9.17) is 9.26 Å². The molecule has 0 spiro atoms. The Bertz CT molecular complexity index is 568. The van der Waals surface area contributed by atoms with Crippen molar-refractivity contribution in [3.05, 3.63) is 23.6 Å². The minimum atomic E-state index is -1.24. The number of carbonyl (C=O) groups is 1. The summed E-state index contributed by atoms with van der Waals surface area (Å²) in [6.45, 7) is 3.21. The number of hydrogen-bond donors (Lipinski definition) is 1. The molecule has 1 amide bonds. The minimum absolute atomic E-state index is 0.0825. The smallest absolute Gasteiger partial charge is 0.260 e. The van der Waals surface area contributed by atoms with Crippen molar-refractivity contribution < 1.29 is 19.2 Å². The summed E-state index contributed by atoms with van der Waals surface area (Å²) in [4.78, 5) is 18.2. The summed E-state index contributed by atoms with van der Waals surface area (Å²) in [6, 6.07) is 0. The van der Waals surface area contributed by atoms with E-state index in [0.29, 0.717) is 43.8 Å². The molecule has 1 unspecified atom stereocenters. The van der Waals surface area contributed by atoms with Crippen LogP contribution in [0.25, 0.3) is 0 Å². The van der Waals surface area contributed by atoms with Crippen LogP contribution >= 0.6 is 0 Å². The zero-order valence-corrected chi connectivity index (χ0v) is 12.0. The topological polar surface area (TPSA) is 88.7 Å². The molecule has 2 aliphatic rings. The second-order valence-electron chi connectivity index (χ2n) is 5.50. The minimum Gasteiger partial charge on any atom is -0.501 e. The summed E-state index contributed by atoms with van der Waals surface area (Å²) in [6.07, 6.45) is 4.14. The van der Waals surface area contributed by atoms with Crippen molar-refractivity contribution in [3.8, 4) is 0 Å². The monoisotopic (exact) mass is 293 g/mol. The van der Waals surface area contributed by atoms with Crippen LogP contribution in [0.15, 0.2) is 16.4 Å². The normalized spacial score (nSPS) is 25.6. The maximum atomic E-state index is 12.4. The van der Waals surface area contributed by atoms with Crippen molar-refractivity contribution in [2.45, 2.75) is 38.2 Å². The zero-order valence-electron chi connectivity index (χ0n) is 12.0. The third-order valence-electron chi connectivity index (χ3n) is 3.93. The van der Waals surface area contributed by atoms with E-state index in [2.05, 4.69) is 10.1 Å². The second-order valence-corrected chi connectivity index (χ2v) is 5.50. The Morgan fingerprint density at radius 3 is 3.10 bits per heavy atom. The van der Waals surface area contributed by atoms with Gasteiger partial charge < -0.3 is 19.3 Å². The maximum Gasteiger partial charge on any atom is 0.260 e. The molecule has 1 saturated heterocycles. The summed E-state index contributed by atoms with van der Waals surface area (Å²) in [7, 11) is 0. The number of aryl methyl sites for hydroxylation is 1. The van der Waals surface area contributed by atoms with Crippen molar-refractivity contribution in [2.24, 2.45) is 0 Å². The summed E-state index contributed by atoms with van der Waals surface area (Å²) in [5.41, 5.74) is -0.586. The fraction of sp³-hybridized carbons (Fsp3) is 0.643. The SMILES string of the molecule is CCc1noc(C2(O)CCN(C(=O)C3=COCCC3)C2)n1. The van der Waals surface area contributed by atoms with Gasteiger partial charge in [0.25, 0.3) is 11.8 Å². The molecule has 1 N–H and O–H groups in total. The summed E-state index contributed by atoms with van der Waals surface area (Å²) in [5, 5.41) is 14.5. The van der Waals surface area contributed by atoms with Gasteiger partial charge in [-0.15, -0.1) is 0 Å². The Morgan fingerprint density at radius 2 is 2.43 bits per heavy atom. The quantitative estimate of drug-likeness (QED) is 0.884. The number of aromatic nitrogens is 2. The van der Waals surface area contributed by atoms with Gasteiger partial charge in [0.05, 0.1) is 25.0 Å². The molecule has 3 rings (SSSR count). The van der Waals surface area contributed by atoms with Gasteiger partial charge >= 0.3 is 0 Å². The van der Waals surface area contributed by atoms with Crippen LogP contribution < -0.4 is 0 Å². The largest absolute Gasteiger partial charge is 0.501 e. The number of rotatable bonds is 3. The Hall–Kier alpha value is -1.89. The number of likely N-dealkylation sites (tertiary alicyclic amines) is 1. The van der Waals surface area contributed by atoms with E-state index in [1.165, 1.54) is 6.26 Å². The van der Waals surface area contributed by atoms with Crippen LogP contribution in [0.3, 0.4) is 0 Å². The van der Waals surface area contributed by atoms with Gasteiger partial charge in [0, 0.05) is 19.4 Å². The molecule has 21 heavy (non-hydrogen) atoms. The van der Waals surface area contributed by atoms with Crippen molar-refractivity contribution in [1.82, 2.24) is 15.0 Å². The van der Waals surface area contributed by atoms with Gasteiger partial charge in [0.2, 0.25) is 0 Å². The zero-order chi connectivity index (χ0) is 14.9. The molecule has 2 aliphatic heterocycles. The summed E-state index contributed by atoms with van der Waals surface area (Å²) < 4.78 is 10.3. The van der Waals surface area contributed by atoms with Crippen LogP contribution in [0.2, 0.25) is 0 Å². The highest BCUT2D eigenvalue weighted by Crippen LogP contribution is 2.32. The second kappa shape index (κ2) is 5.48. The van der Waals surface area contributed by atoms with Gasteiger partial charge in [0.15, 0.2) is 11.4 Å². The van der Waals surface area contributed by atoms with Crippen LogP contribution in [-0.2, 0) is 21.6 Å². The lowest BCUT2D eigenvalue weighted by Crippen LogP contribution is -2.35. The fourth-order valence-corrected chi connectivity index (χ4v) is 2.65. The van der Waals surface area contributed by atoms with Crippen LogP contribution in [0.5, 0.6) is 0 Å². The van der Waals surface area contributed by atoms with E-state index in [9.17, 15) is 9.90 Å². The Labute approximate surface area is 122 Å². The molecule has 1 fully saturated rings. The van der Waals surface area contributed by atoms with Crippen LogP contribution in [-0.4, -0.2) is 45.8 Å². The predicted molar refractivity (Wildman–Crippen MR) is 72.0 cm³/mol. The van der Waals surface area contributed by atoms with E-state index in [-0.39, 0.29) is 18.3 Å². The number of amides is 1. The van der Waals surface area contributed by atoms with E-state index >= 15 is 0 Å². The molecule has 1 aromatic heterocycles. The third-order valence-corrected chi connectivity index (χ3v) is 3.93. The van der Waals surface area contributed by atoms with Crippen LogP contribution in [0, 0.1) is 0 Å². The average molecular weight is 293 g/mol. The summed E-state index contributed by atoms with van der Waals surface area (Å²) >= 11 is 0. The highest BCUT2D eigenvalue weighted by atomic mass is 16.5. The van der Waals surface area contributed by atoms with Gasteiger partial charge in [-0.05, 0) is 12.8 Å². The van der Waals surface area contributed by atoms with Gasteiger partial charge in [-0.25, -0.2) is 0 Å². The lowest BCUT2D eigenvalue weighted by atomic mass is 10.0. The lowest BCUT2D eigenvalue weighted by Gasteiger charge is -2.22. The number of nitrogens with zero attached hydrogens (tertiary/aromatic N) is 3. The molecule has 114 valence electrons. The van der Waals surface area contributed by atoms with E-state index in [1.54, 1.807) is 4.90 Å². The molecule has 7 heteroatoms. The van der Waals surface area contributed by atoms with Crippen LogP contribution in [0.4, 0.5) is 0 Å². The molecule has 1 atom stereocenters. The highest BCUT2D eigenvalue weighted by Gasteiger charge is 2.44. The van der Waals surface area contributed by atoms with E-state index < -0.39 is 5.60 Å². The molecule has 0 bridgehead atoms.